The van der Waals surface area contributed by atoms with Crippen LogP contribution in [0.1, 0.15) is 43.6 Å². The fraction of sp³-hybridized carbons (Fsp3) is 0.500. The van der Waals surface area contributed by atoms with Crippen LogP contribution >= 0.6 is 0 Å². The minimum absolute atomic E-state index is 0.148. The van der Waals surface area contributed by atoms with Crippen molar-refractivity contribution in [3.63, 3.8) is 0 Å². The highest BCUT2D eigenvalue weighted by atomic mass is 16.3. The number of fused-ring (bicyclic) bond motifs is 1. The monoisotopic (exact) mass is 339 g/mol. The zero-order chi connectivity index (χ0) is 17.1. The second-order valence-corrected chi connectivity index (χ2v) is 7.38. The highest BCUT2D eigenvalue weighted by molar-refractivity contribution is 5.74. The molecule has 0 bridgehead atoms. The number of aryl methyl sites for hydroxylation is 1. The zero-order valence-corrected chi connectivity index (χ0v) is 14.4. The lowest BCUT2D eigenvalue weighted by molar-refractivity contribution is 0.455. The maximum atomic E-state index is 12.4. The van der Waals surface area contributed by atoms with E-state index in [2.05, 4.69) is 39.0 Å². The highest BCUT2D eigenvalue weighted by Gasteiger charge is 2.37. The Morgan fingerprint density at radius 1 is 1.40 bits per heavy atom. The van der Waals surface area contributed by atoms with Crippen LogP contribution in [0.2, 0.25) is 0 Å². The molecule has 0 spiro atoms. The Kier molecular flexibility index (Phi) is 3.07. The number of aromatic amines is 1. The van der Waals surface area contributed by atoms with Gasteiger partial charge in [-0.3, -0.25) is 14.5 Å². The van der Waals surface area contributed by atoms with Gasteiger partial charge in [0.15, 0.2) is 5.65 Å². The van der Waals surface area contributed by atoms with E-state index in [1.54, 1.807) is 17.9 Å². The molecule has 7 nitrogen and oxygen atoms in total. The number of aromatic nitrogens is 4. The molecule has 130 valence electrons. The molecule has 2 atom stereocenters. The molecular formula is C18H21N5O2. The molecule has 5 rings (SSSR count). The quantitative estimate of drug-likeness (QED) is 0.773. The zero-order valence-electron chi connectivity index (χ0n) is 14.4. The van der Waals surface area contributed by atoms with E-state index in [-0.39, 0.29) is 5.56 Å². The SMILES string of the molecule is C[C@@H]1C[C@H]1c1ccc(CN(c2nc3c(cnn3C)c(=O)[nH]2)C2CC2)o1. The third-order valence-corrected chi connectivity index (χ3v) is 5.33. The van der Waals surface area contributed by atoms with E-state index in [1.807, 2.05) is 0 Å². The third-order valence-electron chi connectivity index (χ3n) is 5.33. The van der Waals surface area contributed by atoms with E-state index in [0.29, 0.717) is 35.5 Å². The molecule has 7 heteroatoms. The molecule has 3 aromatic heterocycles. The van der Waals surface area contributed by atoms with Crippen LogP contribution in [0, 0.1) is 5.92 Å². The maximum absolute atomic E-state index is 12.4. The predicted octanol–water partition coefficient (Wildman–Crippen LogP) is 2.54. The lowest BCUT2D eigenvalue weighted by Crippen LogP contribution is -2.29. The molecule has 2 fully saturated rings. The average molecular weight is 339 g/mol. The first kappa shape index (κ1) is 14.7. The summed E-state index contributed by atoms with van der Waals surface area (Å²) in [4.78, 5) is 22.1. The molecule has 2 aliphatic carbocycles. The van der Waals surface area contributed by atoms with Crippen molar-refractivity contribution in [2.45, 2.75) is 44.7 Å². The minimum Gasteiger partial charge on any atom is -0.464 e. The van der Waals surface area contributed by atoms with Crippen molar-refractivity contribution in [1.82, 2.24) is 19.7 Å². The normalized spacial score (nSPS) is 22.5. The number of rotatable bonds is 5. The molecule has 25 heavy (non-hydrogen) atoms. The molecule has 2 saturated carbocycles. The fourth-order valence-electron chi connectivity index (χ4n) is 3.49. The Morgan fingerprint density at radius 2 is 2.20 bits per heavy atom. The number of H-pyrrole nitrogens is 1. The van der Waals surface area contributed by atoms with E-state index >= 15 is 0 Å². The largest absolute Gasteiger partial charge is 0.464 e. The van der Waals surface area contributed by atoms with Gasteiger partial charge in [0.05, 0.1) is 12.7 Å². The Bertz CT molecular complexity index is 996. The van der Waals surface area contributed by atoms with Gasteiger partial charge in [-0.05, 0) is 37.3 Å². The summed E-state index contributed by atoms with van der Waals surface area (Å²) in [6.45, 7) is 2.87. The Balaban J connectivity index is 1.48. The van der Waals surface area contributed by atoms with Gasteiger partial charge in [0.1, 0.15) is 16.9 Å². The van der Waals surface area contributed by atoms with Crippen LogP contribution in [-0.2, 0) is 13.6 Å². The number of anilines is 1. The minimum atomic E-state index is -0.148. The topological polar surface area (TPSA) is 80.0 Å². The van der Waals surface area contributed by atoms with Crippen molar-refractivity contribution >= 4 is 17.0 Å². The predicted molar refractivity (Wildman–Crippen MR) is 93.6 cm³/mol. The van der Waals surface area contributed by atoms with Crippen LogP contribution in [0.3, 0.4) is 0 Å². The van der Waals surface area contributed by atoms with Gasteiger partial charge in [-0.15, -0.1) is 0 Å². The molecule has 0 aromatic carbocycles. The lowest BCUT2D eigenvalue weighted by Gasteiger charge is -2.21. The van der Waals surface area contributed by atoms with E-state index < -0.39 is 0 Å². The summed E-state index contributed by atoms with van der Waals surface area (Å²) in [6.07, 6.45) is 4.99. The van der Waals surface area contributed by atoms with Gasteiger partial charge in [-0.25, -0.2) is 0 Å². The van der Waals surface area contributed by atoms with Crippen LogP contribution in [0.5, 0.6) is 0 Å². The van der Waals surface area contributed by atoms with E-state index in [1.165, 1.54) is 6.42 Å². The van der Waals surface area contributed by atoms with Gasteiger partial charge in [-0.2, -0.15) is 10.1 Å². The molecule has 1 N–H and O–H groups in total. The van der Waals surface area contributed by atoms with Crippen LogP contribution in [0.4, 0.5) is 5.95 Å². The Labute approximate surface area is 144 Å². The van der Waals surface area contributed by atoms with Crippen molar-refractivity contribution in [3.05, 3.63) is 40.2 Å². The van der Waals surface area contributed by atoms with Crippen molar-refractivity contribution in [1.29, 1.82) is 0 Å². The van der Waals surface area contributed by atoms with Gasteiger partial charge in [0.25, 0.3) is 5.56 Å². The number of hydrogen-bond acceptors (Lipinski definition) is 5. The third kappa shape index (κ3) is 2.54. The van der Waals surface area contributed by atoms with Gasteiger partial charge in [0, 0.05) is 19.0 Å². The second-order valence-electron chi connectivity index (χ2n) is 7.38. The standard InChI is InChI=1S/C18H21N5O2/c1-10-7-13(10)15-6-5-12(25-15)9-23(11-3-4-11)18-20-16-14(17(24)21-18)8-19-22(16)2/h5-6,8,10-11,13H,3-4,7,9H2,1-2H3,(H,20,21,24)/t10-,13-/m1/s1. The molecule has 0 aliphatic heterocycles. The second kappa shape index (κ2) is 5.21. The molecular weight excluding hydrogens is 318 g/mol. The number of furan rings is 1. The van der Waals surface area contributed by atoms with Crippen LogP contribution in [0.15, 0.2) is 27.5 Å². The average Bonchev–Trinajstić information content (AvgIpc) is 3.48. The van der Waals surface area contributed by atoms with Crippen molar-refractivity contribution in [3.8, 4) is 0 Å². The molecule has 0 unspecified atom stereocenters. The first-order valence-corrected chi connectivity index (χ1v) is 8.87. The molecule has 3 aromatic rings. The summed E-state index contributed by atoms with van der Waals surface area (Å²) >= 11 is 0. The Morgan fingerprint density at radius 3 is 2.92 bits per heavy atom. The molecule has 0 radical (unpaired) electrons. The maximum Gasteiger partial charge on any atom is 0.263 e. The van der Waals surface area contributed by atoms with Gasteiger partial charge in [0.2, 0.25) is 5.95 Å². The Hall–Kier alpha value is -2.57. The van der Waals surface area contributed by atoms with Gasteiger partial charge >= 0.3 is 0 Å². The summed E-state index contributed by atoms with van der Waals surface area (Å²) in [5.74, 6) is 3.91. The number of nitrogens with one attached hydrogen (secondary N) is 1. The summed E-state index contributed by atoms with van der Waals surface area (Å²) in [7, 11) is 1.80. The number of nitrogens with zero attached hydrogens (tertiary/aromatic N) is 4. The first-order valence-electron chi connectivity index (χ1n) is 8.87. The molecule has 0 amide bonds. The van der Waals surface area contributed by atoms with E-state index in [9.17, 15) is 4.79 Å². The summed E-state index contributed by atoms with van der Waals surface area (Å²) in [5.41, 5.74) is 0.460. The molecule has 2 aliphatic rings. The molecule has 0 saturated heterocycles. The van der Waals surface area contributed by atoms with Crippen LogP contribution in [0.25, 0.3) is 11.0 Å². The summed E-state index contributed by atoms with van der Waals surface area (Å²) in [5, 5.41) is 4.65. The highest BCUT2D eigenvalue weighted by Crippen LogP contribution is 2.47. The van der Waals surface area contributed by atoms with E-state index in [0.717, 1.165) is 30.3 Å². The van der Waals surface area contributed by atoms with Crippen molar-refractivity contribution < 1.29 is 4.42 Å². The van der Waals surface area contributed by atoms with Crippen molar-refractivity contribution in [2.75, 3.05) is 4.90 Å². The van der Waals surface area contributed by atoms with Crippen molar-refractivity contribution in [2.24, 2.45) is 13.0 Å². The van der Waals surface area contributed by atoms with Gasteiger partial charge in [-0.1, -0.05) is 6.92 Å². The summed E-state index contributed by atoms with van der Waals surface area (Å²) < 4.78 is 7.69. The van der Waals surface area contributed by atoms with E-state index in [4.69, 9.17) is 4.42 Å². The van der Waals surface area contributed by atoms with Crippen LogP contribution < -0.4 is 10.5 Å². The first-order chi connectivity index (χ1) is 12.1. The number of hydrogen-bond donors (Lipinski definition) is 1. The van der Waals surface area contributed by atoms with Crippen LogP contribution in [-0.4, -0.2) is 25.8 Å². The smallest absolute Gasteiger partial charge is 0.263 e. The molecule has 3 heterocycles. The fourth-order valence-corrected chi connectivity index (χ4v) is 3.49. The van der Waals surface area contributed by atoms with Gasteiger partial charge < -0.3 is 9.32 Å². The lowest BCUT2D eigenvalue weighted by atomic mass is 10.3. The summed E-state index contributed by atoms with van der Waals surface area (Å²) in [6, 6.07) is 4.55.